The summed E-state index contributed by atoms with van der Waals surface area (Å²) in [4.78, 5) is 29.2. The van der Waals surface area contributed by atoms with Crippen molar-refractivity contribution in [2.45, 2.75) is 39.8 Å². The van der Waals surface area contributed by atoms with Crippen LogP contribution >= 0.6 is 23.2 Å². The molecule has 0 aliphatic rings. The molecule has 1 N–H and O–H groups in total. The van der Waals surface area contributed by atoms with Crippen LogP contribution in [-0.4, -0.2) is 50.5 Å². The predicted octanol–water partition coefficient (Wildman–Crippen LogP) is 5.48. The Hall–Kier alpha value is -3.07. The van der Waals surface area contributed by atoms with E-state index in [1.165, 1.54) is 23.1 Å². The number of sulfonamides is 1. The Morgan fingerprint density at radius 1 is 0.925 bits per heavy atom. The van der Waals surface area contributed by atoms with Gasteiger partial charge in [-0.05, 0) is 42.2 Å². The predicted molar refractivity (Wildman–Crippen MR) is 162 cm³/mol. The van der Waals surface area contributed by atoms with Crippen LogP contribution in [0.5, 0.6) is 0 Å². The lowest BCUT2D eigenvalue weighted by molar-refractivity contribution is -0.140. The van der Waals surface area contributed by atoms with Crippen LogP contribution < -0.4 is 9.62 Å². The van der Waals surface area contributed by atoms with Crippen molar-refractivity contribution in [1.29, 1.82) is 0 Å². The lowest BCUT2D eigenvalue weighted by Gasteiger charge is -2.34. The van der Waals surface area contributed by atoms with Crippen LogP contribution in [0.3, 0.4) is 0 Å². The lowest BCUT2D eigenvalue weighted by atomic mass is 10.0. The van der Waals surface area contributed by atoms with Crippen molar-refractivity contribution in [1.82, 2.24) is 10.2 Å². The van der Waals surface area contributed by atoms with E-state index in [1.54, 1.807) is 0 Å². The first kappa shape index (κ1) is 31.5. The van der Waals surface area contributed by atoms with Gasteiger partial charge < -0.3 is 10.2 Å². The van der Waals surface area contributed by atoms with Gasteiger partial charge in [-0.2, -0.15) is 0 Å². The highest BCUT2D eigenvalue weighted by molar-refractivity contribution is 7.92. The monoisotopic (exact) mass is 603 g/mol. The number of aryl methyl sites for hydroxylation is 1. The van der Waals surface area contributed by atoms with Crippen molar-refractivity contribution >= 4 is 50.7 Å². The summed E-state index contributed by atoms with van der Waals surface area (Å²) in [5.41, 5.74) is 2.81. The molecule has 0 aliphatic heterocycles. The highest BCUT2D eigenvalue weighted by Gasteiger charge is 2.33. The molecule has 1 unspecified atom stereocenters. The van der Waals surface area contributed by atoms with Gasteiger partial charge in [0.05, 0.1) is 17.0 Å². The summed E-state index contributed by atoms with van der Waals surface area (Å²) in [6.45, 7) is 5.92. The van der Waals surface area contributed by atoms with E-state index in [-0.39, 0.29) is 35.5 Å². The topological polar surface area (TPSA) is 86.8 Å². The highest BCUT2D eigenvalue weighted by Crippen LogP contribution is 2.30. The van der Waals surface area contributed by atoms with Crippen LogP contribution in [0.25, 0.3) is 0 Å². The second kappa shape index (κ2) is 14.0. The molecule has 3 rings (SSSR count). The Morgan fingerprint density at radius 3 is 2.20 bits per heavy atom. The first-order valence-electron chi connectivity index (χ1n) is 12.9. The molecule has 2 amide bonds. The van der Waals surface area contributed by atoms with Crippen LogP contribution in [0.15, 0.2) is 72.8 Å². The minimum Gasteiger partial charge on any atom is -0.354 e. The highest BCUT2D eigenvalue weighted by atomic mass is 35.5. The van der Waals surface area contributed by atoms with Crippen molar-refractivity contribution in [2.24, 2.45) is 5.92 Å². The number of nitrogens with one attached hydrogen (secondary N) is 1. The molecule has 214 valence electrons. The first-order chi connectivity index (χ1) is 18.8. The zero-order chi connectivity index (χ0) is 29.4. The average Bonchev–Trinajstić information content (AvgIpc) is 2.88. The number of carbonyl (C=O) groups excluding carboxylic acids is 2. The molecule has 0 radical (unpaired) electrons. The van der Waals surface area contributed by atoms with Crippen molar-refractivity contribution < 1.29 is 18.0 Å². The zero-order valence-corrected chi connectivity index (χ0v) is 25.4. The summed E-state index contributed by atoms with van der Waals surface area (Å²) in [5.74, 6) is -0.650. The Morgan fingerprint density at radius 2 is 1.60 bits per heavy atom. The van der Waals surface area contributed by atoms with Gasteiger partial charge in [-0.15, -0.1) is 0 Å². The number of carbonyl (C=O) groups is 2. The molecule has 3 aromatic carbocycles. The number of halogens is 2. The Kier molecular flexibility index (Phi) is 11.0. The fraction of sp³-hybridized carbons (Fsp3) is 0.333. The third-order valence-electron chi connectivity index (χ3n) is 6.25. The second-order valence-corrected chi connectivity index (χ2v) is 13.0. The van der Waals surface area contributed by atoms with E-state index in [1.807, 2.05) is 75.4 Å². The molecule has 0 bridgehead atoms. The molecule has 0 heterocycles. The fourth-order valence-electron chi connectivity index (χ4n) is 4.26. The number of rotatable bonds is 12. The third kappa shape index (κ3) is 8.98. The molecule has 0 fully saturated rings. The summed E-state index contributed by atoms with van der Waals surface area (Å²) in [6, 6.07) is 20.6. The van der Waals surface area contributed by atoms with E-state index in [4.69, 9.17) is 23.2 Å². The Balaban J connectivity index is 2.07. The lowest BCUT2D eigenvalue weighted by Crippen LogP contribution is -2.53. The maximum absolute atomic E-state index is 14.1. The van der Waals surface area contributed by atoms with Gasteiger partial charge in [0.25, 0.3) is 0 Å². The van der Waals surface area contributed by atoms with Crippen LogP contribution in [-0.2, 0) is 32.6 Å². The molecule has 40 heavy (non-hydrogen) atoms. The number of amides is 2. The van der Waals surface area contributed by atoms with Gasteiger partial charge in [0, 0.05) is 24.5 Å². The molecule has 0 saturated carbocycles. The van der Waals surface area contributed by atoms with E-state index in [9.17, 15) is 18.0 Å². The quantitative estimate of drug-likeness (QED) is 0.297. The van der Waals surface area contributed by atoms with Gasteiger partial charge in [-0.3, -0.25) is 13.9 Å². The van der Waals surface area contributed by atoms with Gasteiger partial charge in [0.2, 0.25) is 21.8 Å². The number of benzene rings is 3. The molecule has 3 aromatic rings. The molecule has 0 spiro atoms. The molecule has 0 aromatic heterocycles. The normalized spacial score (nSPS) is 12.2. The molecule has 10 heteroatoms. The maximum Gasteiger partial charge on any atom is 0.244 e. The van der Waals surface area contributed by atoms with Crippen LogP contribution in [0.4, 0.5) is 5.69 Å². The van der Waals surface area contributed by atoms with Crippen molar-refractivity contribution in [3.05, 3.63) is 99.5 Å². The summed E-state index contributed by atoms with van der Waals surface area (Å²) in [5, 5.41) is 3.39. The molecule has 0 aliphatic carbocycles. The van der Waals surface area contributed by atoms with Crippen molar-refractivity contribution in [3.8, 4) is 0 Å². The average molecular weight is 605 g/mol. The van der Waals surface area contributed by atoms with E-state index >= 15 is 0 Å². The van der Waals surface area contributed by atoms with Gasteiger partial charge in [-0.25, -0.2) is 8.42 Å². The maximum atomic E-state index is 14.1. The minimum atomic E-state index is -3.93. The molecule has 0 saturated heterocycles. The number of hydrogen-bond donors (Lipinski definition) is 1. The minimum absolute atomic E-state index is 0.0893. The van der Waals surface area contributed by atoms with E-state index in [0.717, 1.165) is 27.3 Å². The fourth-order valence-corrected chi connectivity index (χ4v) is 5.68. The number of anilines is 1. The Labute approximate surface area is 247 Å². The van der Waals surface area contributed by atoms with Gasteiger partial charge in [-0.1, -0.05) is 97.2 Å². The van der Waals surface area contributed by atoms with Gasteiger partial charge >= 0.3 is 0 Å². The van der Waals surface area contributed by atoms with Crippen LogP contribution in [0.2, 0.25) is 10.0 Å². The smallest absolute Gasteiger partial charge is 0.244 e. The summed E-state index contributed by atoms with van der Waals surface area (Å²) in [6.07, 6.45) is 1.26. The standard InChI is InChI=1S/C30H35Cl2N3O4S/c1-21(2)18-33-30(37)28(16-23-10-6-5-7-11-23)34(19-24-12-8-9-22(3)15-24)29(36)20-35(40(4,38)39)27-14-13-25(31)17-26(27)32/h5-15,17,21,28H,16,18-20H2,1-4H3,(H,33,37). The molecule has 1 atom stereocenters. The first-order valence-corrected chi connectivity index (χ1v) is 15.5. The third-order valence-corrected chi connectivity index (χ3v) is 7.91. The number of nitrogens with zero attached hydrogens (tertiary/aromatic N) is 2. The van der Waals surface area contributed by atoms with Gasteiger partial charge in [0.1, 0.15) is 12.6 Å². The largest absolute Gasteiger partial charge is 0.354 e. The Bertz CT molecular complexity index is 1430. The van der Waals surface area contributed by atoms with Crippen LogP contribution in [0, 0.1) is 12.8 Å². The summed E-state index contributed by atoms with van der Waals surface area (Å²) in [7, 11) is -3.93. The molecular weight excluding hydrogens is 569 g/mol. The van der Waals surface area contributed by atoms with Gasteiger partial charge in [0.15, 0.2) is 0 Å². The molecular formula is C30H35Cl2N3O4S. The summed E-state index contributed by atoms with van der Waals surface area (Å²) >= 11 is 12.4. The second-order valence-electron chi connectivity index (χ2n) is 10.2. The van der Waals surface area contributed by atoms with E-state index in [2.05, 4.69) is 5.32 Å². The molecule has 7 nitrogen and oxygen atoms in total. The zero-order valence-electron chi connectivity index (χ0n) is 23.1. The van der Waals surface area contributed by atoms with E-state index in [0.29, 0.717) is 11.6 Å². The van der Waals surface area contributed by atoms with Crippen molar-refractivity contribution in [2.75, 3.05) is 23.7 Å². The van der Waals surface area contributed by atoms with E-state index < -0.39 is 28.5 Å². The number of hydrogen-bond acceptors (Lipinski definition) is 4. The summed E-state index contributed by atoms with van der Waals surface area (Å²) < 4.78 is 26.7. The van der Waals surface area contributed by atoms with Crippen LogP contribution in [0.1, 0.15) is 30.5 Å². The van der Waals surface area contributed by atoms with Crippen molar-refractivity contribution in [3.63, 3.8) is 0 Å². The SMILES string of the molecule is Cc1cccc(CN(C(=O)CN(c2ccc(Cl)cc2Cl)S(C)(=O)=O)C(Cc2ccccc2)C(=O)NCC(C)C)c1.